The maximum atomic E-state index is 4.26. The molecule has 18 heteroatoms. The maximum absolute atomic E-state index is 4.26. The molecule has 0 aromatic heterocycles. The van der Waals surface area contributed by atoms with Gasteiger partial charge in [-0.1, -0.05) is 103 Å². The Balaban J connectivity index is 0.000000137. The third kappa shape index (κ3) is 10.8. The van der Waals surface area contributed by atoms with Crippen LogP contribution in [0.3, 0.4) is 0 Å². The van der Waals surface area contributed by atoms with Gasteiger partial charge in [0, 0.05) is 34.1 Å². The molecule has 16 nitrogen and oxygen atoms in total. The molecule has 10 heterocycles. The molecule has 0 amide bonds. The minimum absolute atomic E-state index is 0. The number of rotatable bonds is 0. The van der Waals surface area contributed by atoms with E-state index in [0.717, 1.165) is 94.7 Å². The van der Waals surface area contributed by atoms with Crippen molar-refractivity contribution in [3.8, 4) is 0 Å². The average molecular weight is 1220 g/mol. The molecule has 0 aromatic carbocycles. The van der Waals surface area contributed by atoms with E-state index in [1.165, 1.54) is 205 Å². The first-order valence-corrected chi connectivity index (χ1v) is 35.8. The summed E-state index contributed by atoms with van der Waals surface area (Å²) in [5.74, 6) is 11.9. The molecule has 82 heavy (non-hydrogen) atoms. The molecule has 16 unspecified atom stereocenters. The van der Waals surface area contributed by atoms with Gasteiger partial charge in [-0.05, 0) is 197 Å². The Morgan fingerprint density at radius 2 is 0.183 bits per heavy atom. The predicted molar refractivity (Wildman–Crippen MR) is 314 cm³/mol. The summed E-state index contributed by atoms with van der Waals surface area (Å²) >= 11 is 0. The third-order valence-electron chi connectivity index (χ3n) is 27.6. The van der Waals surface area contributed by atoms with Gasteiger partial charge in [0.05, 0.1) is 98.7 Å². The Morgan fingerprint density at radius 3 is 0.244 bits per heavy atom. The van der Waals surface area contributed by atoms with Crippen molar-refractivity contribution in [1.29, 1.82) is 0 Å². The van der Waals surface area contributed by atoms with Crippen LogP contribution in [0.1, 0.15) is 205 Å². The fourth-order valence-corrected chi connectivity index (χ4v) is 23.9. The standard InChI is InChI=1S/2C32H56N8.Fe.Mn/c2*1-2-10-18-17(9-1)25-33-26(18)38-28-21-13-5-6-14-22(21)30(35-28)40-32-24-16-8-7-15-23(24)31(36-32)39-29-20-12-4-3-11-19(20)27(34-29)37-25;;/h2*17-40H,1-16H2;;. The van der Waals surface area contributed by atoms with Gasteiger partial charge >= 0.3 is 0 Å². The Bertz CT molecular complexity index is 1580. The quantitative estimate of drug-likeness (QED) is 0.142. The van der Waals surface area contributed by atoms with Crippen LogP contribution < -0.4 is 85.1 Å². The van der Waals surface area contributed by atoms with Gasteiger partial charge < -0.3 is 0 Å². The number of hydrogen-bond acceptors (Lipinski definition) is 16. The Hall–Kier alpha value is 0.399. The van der Waals surface area contributed by atoms with E-state index in [0.29, 0.717) is 98.7 Å². The van der Waals surface area contributed by atoms with Crippen LogP contribution in [0, 0.1) is 94.7 Å². The van der Waals surface area contributed by atoms with Crippen LogP contribution in [0.15, 0.2) is 0 Å². The van der Waals surface area contributed by atoms with Crippen LogP contribution in [-0.4, -0.2) is 98.7 Å². The van der Waals surface area contributed by atoms with Crippen LogP contribution in [0.4, 0.5) is 0 Å². The zero-order valence-electron chi connectivity index (χ0n) is 49.8. The first-order valence-electron chi connectivity index (χ1n) is 35.8. The molecule has 463 valence electrons. The summed E-state index contributed by atoms with van der Waals surface area (Å²) in [4.78, 5) is 0. The molecule has 1 radical (unpaired) electrons. The molecule has 10 aliphatic heterocycles. The van der Waals surface area contributed by atoms with Crippen molar-refractivity contribution in [3.05, 3.63) is 0 Å². The average Bonchev–Trinajstić information content (AvgIpc) is 4.52. The van der Waals surface area contributed by atoms with Gasteiger partial charge in [0.1, 0.15) is 0 Å². The Kier molecular flexibility index (Phi) is 18.1. The minimum Gasteiger partial charge on any atom is -0.286 e. The van der Waals surface area contributed by atoms with Gasteiger partial charge in [-0.3, -0.25) is 85.1 Å². The first kappa shape index (κ1) is 58.8. The molecule has 8 saturated carbocycles. The van der Waals surface area contributed by atoms with Gasteiger partial charge in [-0.15, -0.1) is 0 Å². The second kappa shape index (κ2) is 25.2. The second-order valence-electron chi connectivity index (χ2n) is 31.2. The summed E-state index contributed by atoms with van der Waals surface area (Å²) < 4.78 is 0. The van der Waals surface area contributed by atoms with Crippen molar-refractivity contribution in [3.63, 3.8) is 0 Å². The van der Waals surface area contributed by atoms with E-state index < -0.39 is 0 Å². The van der Waals surface area contributed by atoms with E-state index in [1.807, 2.05) is 0 Å². The molecular formula is C64H112FeMnN16. The SMILES string of the molecule is C1CCC2C3NC(NC4NC(NC5NC(NC6NC(N3)C3CCCCC63)C3CCCCC53)C3CCCCC43)C2C1.C1CCC2C3NC(NC4NC(NC5NC(NC6NC(N3)C3CCCCC63)C3CCCCC53)C3CCCCC43)C2C1.[Fe].[Mn]. The largest absolute Gasteiger partial charge is 0.286 e. The smallest absolute Gasteiger partial charge is 0.0628 e. The predicted octanol–water partition coefficient (Wildman–Crippen LogP) is 5.21. The minimum atomic E-state index is 0. The molecule has 8 aliphatic carbocycles. The molecule has 18 aliphatic rings. The van der Waals surface area contributed by atoms with Gasteiger partial charge in [-0.2, -0.15) is 0 Å². The van der Waals surface area contributed by atoms with Crippen LogP contribution in [0.25, 0.3) is 0 Å². The maximum Gasteiger partial charge on any atom is 0.0628 e. The van der Waals surface area contributed by atoms with Crippen molar-refractivity contribution in [2.45, 2.75) is 304 Å². The van der Waals surface area contributed by atoms with Crippen LogP contribution in [0.2, 0.25) is 0 Å². The normalized spacial score (nSPS) is 56.2. The van der Waals surface area contributed by atoms with Crippen molar-refractivity contribution >= 4 is 0 Å². The zero-order valence-corrected chi connectivity index (χ0v) is 52.1. The molecular weight excluding hydrogens is 1100 g/mol. The number of nitrogens with one attached hydrogen (secondary N) is 16. The van der Waals surface area contributed by atoms with Crippen LogP contribution in [0.5, 0.6) is 0 Å². The molecule has 18 rings (SSSR count). The summed E-state index contributed by atoms with van der Waals surface area (Å²) in [7, 11) is 0. The van der Waals surface area contributed by atoms with Crippen molar-refractivity contribution in [2.75, 3.05) is 0 Å². The van der Waals surface area contributed by atoms with E-state index in [-0.39, 0.29) is 34.1 Å². The van der Waals surface area contributed by atoms with E-state index in [4.69, 9.17) is 0 Å². The fraction of sp³-hybridized carbons (Fsp3) is 1.00. The van der Waals surface area contributed by atoms with E-state index >= 15 is 0 Å². The van der Waals surface area contributed by atoms with Crippen molar-refractivity contribution < 1.29 is 34.1 Å². The Labute approximate surface area is 515 Å². The summed E-state index contributed by atoms with van der Waals surface area (Å²) in [6, 6.07) is 0. The van der Waals surface area contributed by atoms with Gasteiger partial charge in [-0.25, -0.2) is 0 Å². The van der Waals surface area contributed by atoms with Gasteiger partial charge in [0.15, 0.2) is 0 Å². The van der Waals surface area contributed by atoms with E-state index in [2.05, 4.69) is 85.1 Å². The fourth-order valence-electron chi connectivity index (χ4n) is 23.9. The Morgan fingerprint density at radius 1 is 0.122 bits per heavy atom. The summed E-state index contributed by atoms with van der Waals surface area (Å²) in [5, 5.41) is 67.6. The van der Waals surface area contributed by atoms with E-state index in [9.17, 15) is 0 Å². The molecule has 18 fully saturated rings. The molecule has 16 N–H and O–H groups in total. The molecule has 0 spiro atoms. The number of hydrogen-bond donors (Lipinski definition) is 16. The van der Waals surface area contributed by atoms with Crippen LogP contribution in [-0.2, 0) is 34.1 Å². The van der Waals surface area contributed by atoms with Crippen LogP contribution >= 0.6 is 0 Å². The third-order valence-corrected chi connectivity index (χ3v) is 27.6. The second-order valence-corrected chi connectivity index (χ2v) is 31.2. The van der Waals surface area contributed by atoms with Crippen molar-refractivity contribution in [1.82, 2.24) is 85.1 Å². The summed E-state index contributed by atoms with van der Waals surface area (Å²) in [6.07, 6.45) is 51.1. The number of fused-ring (bicyclic) bond motifs is 40. The zero-order chi connectivity index (χ0) is 52.4. The monoisotopic (exact) mass is 1220 g/mol. The molecule has 10 saturated heterocycles. The van der Waals surface area contributed by atoms with Gasteiger partial charge in [0.25, 0.3) is 0 Å². The molecule has 16 bridgehead atoms. The summed E-state index contributed by atoms with van der Waals surface area (Å²) in [5.41, 5.74) is 0. The summed E-state index contributed by atoms with van der Waals surface area (Å²) in [6.45, 7) is 0. The van der Waals surface area contributed by atoms with Gasteiger partial charge in [0.2, 0.25) is 0 Å². The van der Waals surface area contributed by atoms with E-state index in [1.54, 1.807) is 0 Å². The van der Waals surface area contributed by atoms with Crippen molar-refractivity contribution in [2.24, 2.45) is 94.7 Å². The molecule has 16 atom stereocenters. The topological polar surface area (TPSA) is 192 Å². The molecule has 0 aromatic rings. The first-order chi connectivity index (χ1) is 39.6.